The van der Waals surface area contributed by atoms with E-state index in [4.69, 9.17) is 0 Å². The van der Waals surface area contributed by atoms with Crippen LogP contribution in [0.2, 0.25) is 0 Å². The number of aromatic nitrogens is 3. The number of aldehydes is 1. The summed E-state index contributed by atoms with van der Waals surface area (Å²) in [5.41, 5.74) is 0.977. The van der Waals surface area contributed by atoms with E-state index < -0.39 is 0 Å². The number of allylic oxidation sites excluding steroid dienone is 1. The van der Waals surface area contributed by atoms with E-state index in [9.17, 15) is 4.79 Å². The molecule has 1 aliphatic heterocycles. The lowest BCUT2D eigenvalue weighted by molar-refractivity contribution is -0.104. The number of nitrogens with zero attached hydrogens (tertiary/aromatic N) is 4. The third kappa shape index (κ3) is 1.77. The Hall–Kier alpha value is -2.17. The molecule has 5 nitrogen and oxygen atoms in total. The van der Waals surface area contributed by atoms with Gasteiger partial charge in [0.2, 0.25) is 0 Å². The maximum absolute atomic E-state index is 10.8. The lowest BCUT2D eigenvalue weighted by Gasteiger charge is -2.21. The molecule has 18 heavy (non-hydrogen) atoms. The maximum atomic E-state index is 10.8. The predicted molar refractivity (Wildman–Crippen MR) is 68.7 cm³/mol. The Kier molecular flexibility index (Phi) is 2.80. The summed E-state index contributed by atoms with van der Waals surface area (Å²) in [6, 6.07) is 1.91. The lowest BCUT2D eigenvalue weighted by atomic mass is 10.3. The van der Waals surface area contributed by atoms with Gasteiger partial charge in [0.05, 0.1) is 11.7 Å². The van der Waals surface area contributed by atoms with E-state index in [1.54, 1.807) is 24.7 Å². The zero-order valence-electron chi connectivity index (χ0n) is 9.99. The predicted octanol–water partition coefficient (Wildman–Crippen LogP) is 1.52. The molecule has 0 aliphatic carbocycles. The van der Waals surface area contributed by atoms with Gasteiger partial charge in [-0.05, 0) is 18.9 Å². The maximum Gasteiger partial charge on any atom is 0.146 e. The Labute approximate surface area is 105 Å². The quantitative estimate of drug-likeness (QED) is 0.605. The number of carbonyl (C=O) groups is 1. The van der Waals surface area contributed by atoms with Gasteiger partial charge in [-0.3, -0.25) is 9.78 Å². The molecule has 0 aromatic carbocycles. The van der Waals surface area contributed by atoms with E-state index >= 15 is 0 Å². The fraction of sp³-hybridized carbons (Fsp3) is 0.308. The first kappa shape index (κ1) is 11.0. The van der Waals surface area contributed by atoms with Crippen LogP contribution in [-0.4, -0.2) is 39.0 Å². The molecule has 2 aromatic rings. The second kappa shape index (κ2) is 4.60. The highest BCUT2D eigenvalue weighted by Gasteiger charge is 2.18. The monoisotopic (exact) mass is 242 g/mol. The van der Waals surface area contributed by atoms with Crippen LogP contribution in [0.4, 0.5) is 0 Å². The third-order valence-electron chi connectivity index (χ3n) is 3.23. The molecule has 1 aliphatic rings. The molecule has 0 bridgehead atoms. The van der Waals surface area contributed by atoms with Gasteiger partial charge in [-0.2, -0.15) is 5.10 Å². The number of pyridine rings is 1. The SMILES string of the molecule is O=CC=C(N1CCCC1)n1ncc2cnccc21. The smallest absolute Gasteiger partial charge is 0.146 e. The molecule has 3 heterocycles. The number of carbonyl (C=O) groups excluding carboxylic acids is 1. The van der Waals surface area contributed by atoms with Gasteiger partial charge < -0.3 is 4.90 Å². The topological polar surface area (TPSA) is 51.0 Å². The van der Waals surface area contributed by atoms with Crippen molar-refractivity contribution in [1.29, 1.82) is 0 Å². The van der Waals surface area contributed by atoms with Crippen LogP contribution in [0.5, 0.6) is 0 Å². The Balaban J connectivity index is 2.09. The first-order chi connectivity index (χ1) is 8.90. The summed E-state index contributed by atoms with van der Waals surface area (Å²) >= 11 is 0. The van der Waals surface area contributed by atoms with E-state index in [0.717, 1.165) is 48.9 Å². The molecule has 0 atom stereocenters. The number of hydrogen-bond acceptors (Lipinski definition) is 4. The van der Waals surface area contributed by atoms with Crippen LogP contribution in [0.3, 0.4) is 0 Å². The van der Waals surface area contributed by atoms with Gasteiger partial charge in [0.25, 0.3) is 0 Å². The standard InChI is InChI=1S/C13H14N4O/c18-8-4-13(16-6-1-2-7-16)17-12-3-5-14-9-11(12)10-15-17/h3-5,8-10H,1-2,6-7H2. The minimum Gasteiger partial charge on any atom is -0.356 e. The molecule has 0 N–H and O–H groups in total. The van der Waals surface area contributed by atoms with Crippen molar-refractivity contribution in [3.05, 3.63) is 30.7 Å². The van der Waals surface area contributed by atoms with E-state index in [1.165, 1.54) is 0 Å². The normalized spacial score (nSPS) is 16.4. The summed E-state index contributed by atoms with van der Waals surface area (Å²) in [5, 5.41) is 5.35. The van der Waals surface area contributed by atoms with E-state index in [-0.39, 0.29) is 0 Å². The van der Waals surface area contributed by atoms with Crippen LogP contribution in [0.25, 0.3) is 16.7 Å². The Bertz CT molecular complexity index is 596. The second-order valence-electron chi connectivity index (χ2n) is 4.35. The molecule has 1 fully saturated rings. The molecule has 0 unspecified atom stereocenters. The molecule has 0 radical (unpaired) electrons. The van der Waals surface area contributed by atoms with Crippen LogP contribution in [0.1, 0.15) is 12.8 Å². The van der Waals surface area contributed by atoms with Crippen molar-refractivity contribution in [2.45, 2.75) is 12.8 Å². The molecule has 3 rings (SSSR count). The minimum atomic E-state index is 0.822. The Morgan fingerprint density at radius 1 is 1.28 bits per heavy atom. The van der Waals surface area contributed by atoms with E-state index in [2.05, 4.69) is 15.0 Å². The number of hydrogen-bond donors (Lipinski definition) is 0. The van der Waals surface area contributed by atoms with Crippen LogP contribution in [0, 0.1) is 0 Å². The lowest BCUT2D eigenvalue weighted by Crippen LogP contribution is -2.22. The minimum absolute atomic E-state index is 0.822. The molecule has 0 saturated carbocycles. The summed E-state index contributed by atoms with van der Waals surface area (Å²) < 4.78 is 1.82. The molecule has 0 spiro atoms. The molecular weight excluding hydrogens is 228 g/mol. The molecular formula is C13H14N4O. The van der Waals surface area contributed by atoms with Crippen molar-refractivity contribution in [2.24, 2.45) is 0 Å². The van der Waals surface area contributed by atoms with Gasteiger partial charge in [0.15, 0.2) is 0 Å². The molecule has 92 valence electrons. The van der Waals surface area contributed by atoms with Crippen molar-refractivity contribution in [1.82, 2.24) is 19.7 Å². The fourth-order valence-corrected chi connectivity index (χ4v) is 2.37. The molecule has 0 amide bonds. The zero-order chi connectivity index (χ0) is 12.4. The van der Waals surface area contributed by atoms with Gasteiger partial charge in [0.1, 0.15) is 12.1 Å². The summed E-state index contributed by atoms with van der Waals surface area (Å²) in [6.07, 6.45) is 10.0. The van der Waals surface area contributed by atoms with Crippen molar-refractivity contribution in [3.63, 3.8) is 0 Å². The highest BCUT2D eigenvalue weighted by atomic mass is 16.1. The van der Waals surface area contributed by atoms with Crippen molar-refractivity contribution < 1.29 is 4.79 Å². The molecule has 1 saturated heterocycles. The third-order valence-corrected chi connectivity index (χ3v) is 3.23. The second-order valence-corrected chi connectivity index (χ2v) is 4.35. The van der Waals surface area contributed by atoms with Crippen molar-refractivity contribution in [3.8, 4) is 0 Å². The average molecular weight is 242 g/mol. The Morgan fingerprint density at radius 3 is 2.89 bits per heavy atom. The van der Waals surface area contributed by atoms with Crippen molar-refractivity contribution >= 4 is 23.0 Å². The fourth-order valence-electron chi connectivity index (χ4n) is 2.37. The molecule has 2 aromatic heterocycles. The zero-order valence-corrected chi connectivity index (χ0v) is 9.99. The highest BCUT2D eigenvalue weighted by Crippen LogP contribution is 2.22. The van der Waals surface area contributed by atoms with Gasteiger partial charge >= 0.3 is 0 Å². The first-order valence-corrected chi connectivity index (χ1v) is 6.08. The highest BCUT2D eigenvalue weighted by molar-refractivity contribution is 5.83. The summed E-state index contributed by atoms with van der Waals surface area (Å²) in [5.74, 6) is 0.851. The van der Waals surface area contributed by atoms with Gasteiger partial charge in [-0.1, -0.05) is 0 Å². The first-order valence-electron chi connectivity index (χ1n) is 6.08. The van der Waals surface area contributed by atoms with Gasteiger partial charge in [-0.15, -0.1) is 0 Å². The van der Waals surface area contributed by atoms with Crippen LogP contribution in [0.15, 0.2) is 30.7 Å². The van der Waals surface area contributed by atoms with E-state index in [0.29, 0.717) is 0 Å². The number of likely N-dealkylation sites (tertiary alicyclic amines) is 1. The average Bonchev–Trinajstić information content (AvgIpc) is 3.06. The van der Waals surface area contributed by atoms with Crippen LogP contribution < -0.4 is 0 Å². The largest absolute Gasteiger partial charge is 0.356 e. The van der Waals surface area contributed by atoms with Crippen LogP contribution >= 0.6 is 0 Å². The van der Waals surface area contributed by atoms with Gasteiger partial charge in [0, 0.05) is 36.9 Å². The number of rotatable bonds is 3. The Morgan fingerprint density at radius 2 is 2.11 bits per heavy atom. The summed E-state index contributed by atoms with van der Waals surface area (Å²) in [7, 11) is 0. The van der Waals surface area contributed by atoms with Gasteiger partial charge in [-0.25, -0.2) is 4.68 Å². The summed E-state index contributed by atoms with van der Waals surface area (Å²) in [6.45, 7) is 1.96. The molecule has 5 heteroatoms. The van der Waals surface area contributed by atoms with E-state index in [1.807, 2.05) is 10.7 Å². The number of fused-ring (bicyclic) bond motifs is 1. The van der Waals surface area contributed by atoms with Crippen LogP contribution in [-0.2, 0) is 4.79 Å². The van der Waals surface area contributed by atoms with Crippen molar-refractivity contribution in [2.75, 3.05) is 13.1 Å². The summed E-state index contributed by atoms with van der Waals surface area (Å²) in [4.78, 5) is 17.1.